The van der Waals surface area contributed by atoms with Gasteiger partial charge in [0.1, 0.15) is 5.82 Å². The van der Waals surface area contributed by atoms with Gasteiger partial charge in [-0.3, -0.25) is 14.7 Å². The second-order valence-corrected chi connectivity index (χ2v) is 8.99. The minimum absolute atomic E-state index is 0.0647. The fourth-order valence-electron chi connectivity index (χ4n) is 4.87. The van der Waals surface area contributed by atoms with Crippen molar-refractivity contribution in [2.24, 2.45) is 5.92 Å². The molecule has 1 fully saturated rings. The molecule has 3 heterocycles. The van der Waals surface area contributed by atoms with E-state index in [0.717, 1.165) is 49.0 Å². The highest BCUT2D eigenvalue weighted by molar-refractivity contribution is 5.79. The summed E-state index contributed by atoms with van der Waals surface area (Å²) < 4.78 is 15.7. The molecule has 1 saturated heterocycles. The number of rotatable bonds is 6. The summed E-state index contributed by atoms with van der Waals surface area (Å²) in [5, 5.41) is 0.876. The number of halogens is 1. The van der Waals surface area contributed by atoms with Gasteiger partial charge in [0.15, 0.2) is 0 Å². The normalized spacial score (nSPS) is 15.2. The lowest BCUT2D eigenvalue weighted by molar-refractivity contribution is 0.176. The van der Waals surface area contributed by atoms with E-state index < -0.39 is 0 Å². The molecule has 0 radical (unpaired) electrons. The molecule has 1 aliphatic rings. The van der Waals surface area contributed by atoms with Gasteiger partial charge in [0.2, 0.25) is 0 Å². The average Bonchev–Trinajstić information content (AvgIpc) is 2.85. The first-order valence-electron chi connectivity index (χ1n) is 11.6. The van der Waals surface area contributed by atoms with Crippen LogP contribution in [0.2, 0.25) is 0 Å². The maximum absolute atomic E-state index is 14.0. The van der Waals surface area contributed by atoms with Crippen LogP contribution >= 0.6 is 0 Å². The van der Waals surface area contributed by atoms with Crippen molar-refractivity contribution in [1.29, 1.82) is 0 Å². The van der Waals surface area contributed by atoms with E-state index in [9.17, 15) is 9.18 Å². The van der Waals surface area contributed by atoms with Crippen molar-refractivity contribution in [2.45, 2.75) is 32.4 Å². The average molecular weight is 442 g/mol. The van der Waals surface area contributed by atoms with Gasteiger partial charge >= 0.3 is 0 Å². The van der Waals surface area contributed by atoms with E-state index in [1.54, 1.807) is 16.8 Å². The van der Waals surface area contributed by atoms with E-state index in [1.165, 1.54) is 17.7 Å². The summed E-state index contributed by atoms with van der Waals surface area (Å²) >= 11 is 0. The van der Waals surface area contributed by atoms with Crippen molar-refractivity contribution in [3.05, 3.63) is 112 Å². The Morgan fingerprint density at radius 1 is 0.909 bits per heavy atom. The van der Waals surface area contributed by atoms with Crippen molar-refractivity contribution < 1.29 is 4.39 Å². The van der Waals surface area contributed by atoms with Crippen LogP contribution in [0.1, 0.15) is 29.7 Å². The molecule has 33 heavy (non-hydrogen) atoms. The van der Waals surface area contributed by atoms with Crippen molar-refractivity contribution in [1.82, 2.24) is 14.5 Å². The molecule has 0 N–H and O–H groups in total. The van der Waals surface area contributed by atoms with Crippen LogP contribution in [0.3, 0.4) is 0 Å². The van der Waals surface area contributed by atoms with E-state index in [4.69, 9.17) is 0 Å². The Morgan fingerprint density at radius 3 is 2.45 bits per heavy atom. The monoisotopic (exact) mass is 441 g/mol. The van der Waals surface area contributed by atoms with Gasteiger partial charge in [-0.2, -0.15) is 0 Å². The zero-order valence-electron chi connectivity index (χ0n) is 18.7. The molecule has 5 heteroatoms. The van der Waals surface area contributed by atoms with Gasteiger partial charge in [0.25, 0.3) is 5.56 Å². The third-order valence-corrected chi connectivity index (χ3v) is 6.65. The molecule has 0 atom stereocenters. The van der Waals surface area contributed by atoms with E-state index in [-0.39, 0.29) is 11.4 Å². The van der Waals surface area contributed by atoms with Crippen molar-refractivity contribution in [2.75, 3.05) is 13.1 Å². The number of aromatic nitrogens is 2. The lowest BCUT2D eigenvalue weighted by atomic mass is 9.90. The Morgan fingerprint density at radius 2 is 1.70 bits per heavy atom. The summed E-state index contributed by atoms with van der Waals surface area (Å²) in [6.45, 7) is 2.91. The highest BCUT2D eigenvalue weighted by Gasteiger charge is 2.21. The van der Waals surface area contributed by atoms with E-state index in [0.29, 0.717) is 24.5 Å². The van der Waals surface area contributed by atoms with Crippen molar-refractivity contribution in [3.8, 4) is 0 Å². The van der Waals surface area contributed by atoms with E-state index >= 15 is 0 Å². The minimum atomic E-state index is -0.343. The van der Waals surface area contributed by atoms with Gasteiger partial charge in [-0.15, -0.1) is 0 Å². The Labute approximate surface area is 193 Å². The molecule has 2 aromatic carbocycles. The minimum Gasteiger partial charge on any atom is -0.302 e. The van der Waals surface area contributed by atoms with Crippen LogP contribution in [0, 0.1) is 11.7 Å². The lowest BCUT2D eigenvalue weighted by Gasteiger charge is -2.32. The van der Waals surface area contributed by atoms with Crippen LogP contribution in [-0.2, 0) is 19.5 Å². The Hall–Kier alpha value is -3.31. The summed E-state index contributed by atoms with van der Waals surface area (Å²) in [6, 6.07) is 22.9. The standard InChI is InChI=1S/C28H28FN3O/c29-25-10-9-23-17-24(28(33)32(27(23)18-25)20-26-8-4-5-13-30-26)19-31-14-11-22(12-15-31)16-21-6-2-1-3-7-21/h1-10,13,17-18,22H,11-12,14-16,19-20H2. The second kappa shape index (κ2) is 9.67. The highest BCUT2D eigenvalue weighted by Crippen LogP contribution is 2.23. The van der Waals surface area contributed by atoms with Gasteiger partial charge in [-0.05, 0) is 85.6 Å². The van der Waals surface area contributed by atoms with E-state index in [2.05, 4.69) is 40.2 Å². The molecule has 5 rings (SSSR count). The van der Waals surface area contributed by atoms with Crippen LogP contribution in [0.5, 0.6) is 0 Å². The zero-order valence-corrected chi connectivity index (χ0v) is 18.7. The number of piperidine rings is 1. The Kier molecular flexibility index (Phi) is 6.31. The molecule has 2 aromatic heterocycles. The van der Waals surface area contributed by atoms with Crippen LogP contribution in [0.25, 0.3) is 10.9 Å². The molecule has 0 spiro atoms. The number of likely N-dealkylation sites (tertiary alicyclic amines) is 1. The fraction of sp³-hybridized carbons (Fsp3) is 0.286. The Bertz CT molecular complexity index is 1280. The number of fused-ring (bicyclic) bond motifs is 1. The smallest absolute Gasteiger partial charge is 0.255 e. The number of pyridine rings is 2. The number of benzene rings is 2. The molecule has 0 amide bonds. The molecule has 0 bridgehead atoms. The summed E-state index contributed by atoms with van der Waals surface area (Å²) in [4.78, 5) is 20.2. The first kappa shape index (κ1) is 21.5. The largest absolute Gasteiger partial charge is 0.302 e. The first-order chi connectivity index (χ1) is 16.2. The van der Waals surface area contributed by atoms with Crippen molar-refractivity contribution >= 4 is 10.9 Å². The summed E-state index contributed by atoms with van der Waals surface area (Å²) in [5.41, 5.74) is 3.48. The Balaban J connectivity index is 1.36. The van der Waals surface area contributed by atoms with Gasteiger partial charge in [0.05, 0.1) is 17.8 Å². The van der Waals surface area contributed by atoms with Crippen LogP contribution in [0.4, 0.5) is 4.39 Å². The molecular weight excluding hydrogens is 413 g/mol. The zero-order chi connectivity index (χ0) is 22.6. The summed E-state index contributed by atoms with van der Waals surface area (Å²) in [5.74, 6) is 0.342. The van der Waals surface area contributed by atoms with Crippen LogP contribution < -0.4 is 5.56 Å². The van der Waals surface area contributed by atoms with Crippen molar-refractivity contribution in [3.63, 3.8) is 0 Å². The maximum Gasteiger partial charge on any atom is 0.255 e. The molecule has 0 unspecified atom stereocenters. The topological polar surface area (TPSA) is 38.1 Å². The third-order valence-electron chi connectivity index (χ3n) is 6.65. The second-order valence-electron chi connectivity index (χ2n) is 8.99. The van der Waals surface area contributed by atoms with Gasteiger partial charge in [-0.25, -0.2) is 4.39 Å². The molecule has 168 valence electrons. The van der Waals surface area contributed by atoms with Gasteiger partial charge in [-0.1, -0.05) is 36.4 Å². The SMILES string of the molecule is O=c1c(CN2CCC(Cc3ccccc3)CC2)cc2ccc(F)cc2n1Cc1ccccn1. The van der Waals surface area contributed by atoms with Gasteiger partial charge < -0.3 is 4.57 Å². The third kappa shape index (κ3) is 5.04. The van der Waals surface area contributed by atoms with Crippen LogP contribution in [0.15, 0.2) is 83.8 Å². The summed E-state index contributed by atoms with van der Waals surface area (Å²) in [6.07, 6.45) is 5.10. The van der Waals surface area contributed by atoms with Gasteiger partial charge in [0, 0.05) is 18.3 Å². The molecule has 4 nitrogen and oxygen atoms in total. The number of nitrogens with zero attached hydrogens (tertiary/aromatic N) is 3. The predicted octanol–water partition coefficient (Wildman–Crippen LogP) is 5.04. The van der Waals surface area contributed by atoms with E-state index in [1.807, 2.05) is 24.3 Å². The number of hydrogen-bond acceptors (Lipinski definition) is 3. The highest BCUT2D eigenvalue weighted by atomic mass is 19.1. The maximum atomic E-state index is 14.0. The molecule has 0 saturated carbocycles. The van der Waals surface area contributed by atoms with Crippen LogP contribution in [-0.4, -0.2) is 27.5 Å². The summed E-state index contributed by atoms with van der Waals surface area (Å²) in [7, 11) is 0. The molecule has 4 aromatic rings. The lowest BCUT2D eigenvalue weighted by Crippen LogP contribution is -2.36. The molecule has 0 aliphatic carbocycles. The fourth-order valence-corrected chi connectivity index (χ4v) is 4.87. The molecular formula is C28H28FN3O. The quantitative estimate of drug-likeness (QED) is 0.421. The first-order valence-corrected chi connectivity index (χ1v) is 11.6. The molecule has 1 aliphatic heterocycles. The predicted molar refractivity (Wildman–Crippen MR) is 130 cm³/mol. The number of hydrogen-bond donors (Lipinski definition) is 0.